The number of fused-ring (bicyclic) bond motifs is 12. The van der Waals surface area contributed by atoms with E-state index in [4.69, 9.17) is 0 Å². The number of rotatable bonds is 5. The molecule has 2 aliphatic rings. The molecule has 0 amide bonds. The SMILES string of the molecule is CC(C)c1ccc(N2c3cccc4c3B(c3cc(-c5cccc(C(C)(C)C)c5)ccc3N4c3ccc(C(C)(C)C)cc3-c3ccc4c5ccccc5c5ccccc5c4c3)c3sc4ccc(C(C)(C)C)cc4c32)cc1. The van der Waals surface area contributed by atoms with Crippen molar-refractivity contribution in [2.24, 2.45) is 0 Å². The van der Waals surface area contributed by atoms with Crippen LogP contribution in [0.5, 0.6) is 0 Å². The summed E-state index contributed by atoms with van der Waals surface area (Å²) in [6.07, 6.45) is 0. The van der Waals surface area contributed by atoms with Gasteiger partial charge in [-0.25, -0.2) is 0 Å². The number of benzene rings is 10. The molecule has 0 radical (unpaired) electrons. The first-order chi connectivity index (χ1) is 35.9. The van der Waals surface area contributed by atoms with Gasteiger partial charge in [-0.05, 0) is 165 Å². The Morgan fingerprint density at radius 1 is 0.400 bits per heavy atom. The maximum Gasteiger partial charge on any atom is 0.264 e. The van der Waals surface area contributed by atoms with Crippen LogP contribution in [0, 0.1) is 0 Å². The largest absolute Gasteiger partial charge is 0.311 e. The Morgan fingerprint density at radius 2 is 0.947 bits per heavy atom. The third-order valence-electron chi connectivity index (χ3n) is 16.5. The second-order valence-corrected chi connectivity index (χ2v) is 25.9. The highest BCUT2D eigenvalue weighted by Gasteiger charge is 2.46. The molecule has 0 unspecified atom stereocenters. The van der Waals surface area contributed by atoms with Crippen molar-refractivity contribution >= 4 is 110 Å². The maximum absolute atomic E-state index is 2.63. The monoisotopic (exact) mass is 988 g/mol. The predicted octanol–water partition coefficient (Wildman–Crippen LogP) is 18.8. The minimum absolute atomic E-state index is 0.00684. The van der Waals surface area contributed by atoms with E-state index in [-0.39, 0.29) is 23.0 Å². The van der Waals surface area contributed by atoms with Crippen LogP contribution >= 0.6 is 11.3 Å². The summed E-state index contributed by atoms with van der Waals surface area (Å²) in [4.78, 5) is 5.24. The second kappa shape index (κ2) is 17.1. The summed E-state index contributed by atoms with van der Waals surface area (Å²) in [6.45, 7) is 25.5. The quantitative estimate of drug-likeness (QED) is 0.125. The van der Waals surface area contributed by atoms with Gasteiger partial charge in [0.15, 0.2) is 0 Å². The Balaban J connectivity index is 1.12. The summed E-state index contributed by atoms with van der Waals surface area (Å²) in [5.74, 6) is 0.434. The highest BCUT2D eigenvalue weighted by molar-refractivity contribution is 7.33. The van der Waals surface area contributed by atoms with E-state index in [9.17, 15) is 0 Å². The molecule has 4 heteroatoms. The molecule has 0 atom stereocenters. The summed E-state index contributed by atoms with van der Waals surface area (Å²) >= 11 is 1.98. The number of thiophene rings is 1. The zero-order valence-electron chi connectivity index (χ0n) is 45.4. The van der Waals surface area contributed by atoms with Crippen LogP contribution < -0.4 is 25.5 Å². The second-order valence-electron chi connectivity index (χ2n) is 24.8. The fourth-order valence-corrected chi connectivity index (χ4v) is 13.6. The van der Waals surface area contributed by atoms with Gasteiger partial charge in [-0.1, -0.05) is 204 Å². The molecule has 0 aliphatic carbocycles. The summed E-state index contributed by atoms with van der Waals surface area (Å²) < 4.78 is 2.71. The van der Waals surface area contributed by atoms with Crippen molar-refractivity contribution in [3.8, 4) is 22.3 Å². The lowest BCUT2D eigenvalue weighted by molar-refractivity contribution is 0.590. The molecule has 2 aliphatic heterocycles. The van der Waals surface area contributed by atoms with E-state index < -0.39 is 0 Å². The Labute approximate surface area is 448 Å². The lowest BCUT2D eigenvalue weighted by Gasteiger charge is -2.43. The van der Waals surface area contributed by atoms with Gasteiger partial charge in [-0.15, -0.1) is 11.3 Å². The molecule has 0 fully saturated rings. The molecule has 0 saturated heterocycles. The molecular formula is C71H65BN2S. The Kier molecular flexibility index (Phi) is 10.8. The number of hydrogen-bond acceptors (Lipinski definition) is 3. The van der Waals surface area contributed by atoms with Gasteiger partial charge >= 0.3 is 0 Å². The van der Waals surface area contributed by atoms with E-state index in [2.05, 4.69) is 274 Å². The normalized spacial score (nSPS) is 13.6. The minimum Gasteiger partial charge on any atom is -0.311 e. The van der Waals surface area contributed by atoms with Gasteiger partial charge in [0.2, 0.25) is 0 Å². The van der Waals surface area contributed by atoms with Gasteiger partial charge in [0.25, 0.3) is 6.71 Å². The van der Waals surface area contributed by atoms with Gasteiger partial charge in [-0.2, -0.15) is 0 Å². The predicted molar refractivity (Wildman–Crippen MR) is 329 cm³/mol. The van der Waals surface area contributed by atoms with Gasteiger partial charge in [0, 0.05) is 43.2 Å². The van der Waals surface area contributed by atoms with Crippen molar-refractivity contribution in [2.45, 2.75) is 98.3 Å². The van der Waals surface area contributed by atoms with Gasteiger partial charge < -0.3 is 9.80 Å². The molecule has 0 saturated carbocycles. The molecular weight excluding hydrogens is 924 g/mol. The van der Waals surface area contributed by atoms with Crippen LogP contribution in [-0.4, -0.2) is 6.71 Å². The smallest absolute Gasteiger partial charge is 0.264 e. The first-order valence-corrected chi connectivity index (χ1v) is 27.9. The highest BCUT2D eigenvalue weighted by Crippen LogP contribution is 2.51. The van der Waals surface area contributed by atoms with Crippen molar-refractivity contribution in [3.63, 3.8) is 0 Å². The first-order valence-electron chi connectivity index (χ1n) is 27.1. The molecule has 0 N–H and O–H groups in total. The van der Waals surface area contributed by atoms with E-state index >= 15 is 0 Å². The molecule has 0 bridgehead atoms. The van der Waals surface area contributed by atoms with Crippen LogP contribution in [0.2, 0.25) is 0 Å². The van der Waals surface area contributed by atoms with Crippen molar-refractivity contribution in [3.05, 3.63) is 210 Å². The van der Waals surface area contributed by atoms with E-state index in [1.54, 1.807) is 0 Å². The number of anilines is 6. The van der Waals surface area contributed by atoms with Crippen LogP contribution in [0.4, 0.5) is 34.1 Å². The fraction of sp³-hybridized carbons (Fsp3) is 0.211. The van der Waals surface area contributed by atoms with Gasteiger partial charge in [-0.3, -0.25) is 0 Å². The van der Waals surface area contributed by atoms with Crippen molar-refractivity contribution in [1.29, 1.82) is 0 Å². The molecule has 75 heavy (non-hydrogen) atoms. The summed E-state index contributed by atoms with van der Waals surface area (Å²) in [7, 11) is 0. The fourth-order valence-electron chi connectivity index (χ4n) is 12.3. The lowest BCUT2D eigenvalue weighted by Crippen LogP contribution is -2.60. The van der Waals surface area contributed by atoms with Crippen molar-refractivity contribution < 1.29 is 0 Å². The molecule has 0 spiro atoms. The van der Waals surface area contributed by atoms with Crippen LogP contribution in [0.15, 0.2) is 188 Å². The standard InChI is InChI=1S/C71H65BN2S/c1-43(2)44-26-32-51(33-27-44)73-63-24-17-25-64-66(63)72(68-67(73)59-42-50(71(9,10)11)31-37-65(59)75-68)60-40-46(45-18-16-19-48(38-45)69(3,4)5)29-35-62(60)74(64)61-36-30-49(70(6,7)8)41-57(61)47-28-34-56-54-22-13-12-20-52(54)53-21-14-15-23-55(53)58(56)39-47/h12-43H,1-11H3. The molecule has 1 aromatic heterocycles. The van der Waals surface area contributed by atoms with E-state index in [1.807, 2.05) is 11.3 Å². The van der Waals surface area contributed by atoms with Crippen LogP contribution in [0.25, 0.3) is 64.7 Å². The average molecular weight is 989 g/mol. The molecule has 11 aromatic rings. The molecule has 368 valence electrons. The Morgan fingerprint density at radius 3 is 1.60 bits per heavy atom. The maximum atomic E-state index is 2.63. The highest BCUT2D eigenvalue weighted by atomic mass is 32.1. The average Bonchev–Trinajstić information content (AvgIpc) is 3.90. The van der Waals surface area contributed by atoms with E-state index in [0.717, 1.165) is 0 Å². The summed E-state index contributed by atoms with van der Waals surface area (Å²) in [5.41, 5.74) is 20.2. The molecule has 3 heterocycles. The minimum atomic E-state index is -0.0730. The van der Waals surface area contributed by atoms with Crippen LogP contribution in [0.1, 0.15) is 104 Å². The van der Waals surface area contributed by atoms with E-state index in [0.29, 0.717) is 5.92 Å². The van der Waals surface area contributed by atoms with Gasteiger partial charge in [0.05, 0.1) is 11.4 Å². The number of hydrogen-bond donors (Lipinski definition) is 0. The lowest BCUT2D eigenvalue weighted by atomic mass is 9.36. The van der Waals surface area contributed by atoms with E-state index in [1.165, 1.54) is 137 Å². The zero-order chi connectivity index (χ0) is 51.9. The third-order valence-corrected chi connectivity index (χ3v) is 17.7. The number of nitrogens with zero attached hydrogens (tertiary/aromatic N) is 2. The molecule has 2 nitrogen and oxygen atoms in total. The van der Waals surface area contributed by atoms with Crippen LogP contribution in [0.3, 0.4) is 0 Å². The van der Waals surface area contributed by atoms with Gasteiger partial charge in [0.1, 0.15) is 0 Å². The van der Waals surface area contributed by atoms with Crippen LogP contribution in [-0.2, 0) is 16.2 Å². The topological polar surface area (TPSA) is 6.48 Å². The first kappa shape index (κ1) is 47.3. The Bertz CT molecular complexity index is 4080. The third kappa shape index (κ3) is 7.65. The van der Waals surface area contributed by atoms with Crippen molar-refractivity contribution in [2.75, 3.05) is 9.80 Å². The molecule has 10 aromatic carbocycles. The van der Waals surface area contributed by atoms with Crippen molar-refractivity contribution in [1.82, 2.24) is 0 Å². The summed E-state index contributed by atoms with van der Waals surface area (Å²) in [6, 6.07) is 72.8. The Hall–Kier alpha value is -7.40. The summed E-state index contributed by atoms with van der Waals surface area (Å²) in [5, 5.41) is 9.03. The molecule has 13 rings (SSSR count). The zero-order valence-corrected chi connectivity index (χ0v) is 46.2.